The maximum absolute atomic E-state index is 12.8. The Morgan fingerprint density at radius 1 is 1.12 bits per heavy atom. The number of hydrogen-bond donors (Lipinski definition) is 1. The molecule has 1 N–H and O–H groups in total. The minimum absolute atomic E-state index is 0.0195. The predicted octanol–water partition coefficient (Wildman–Crippen LogP) is 2.93. The Balaban J connectivity index is 1.81. The predicted molar refractivity (Wildman–Crippen MR) is 117 cm³/mol. The molecule has 3 rings (SSSR count). The number of aryl methyl sites for hydroxylation is 1. The first-order chi connectivity index (χ1) is 15.2. The van der Waals surface area contributed by atoms with Crippen LogP contribution >= 0.6 is 0 Å². The van der Waals surface area contributed by atoms with Gasteiger partial charge in [-0.25, -0.2) is 4.79 Å². The standard InChI is InChI=1S/C23H21F2N3O4/c1-27-14-16(21(30)28(2)23(27)31)8-11-20(29)26-18-9-10-19(32-22(24)25)17(13-18)12-15-6-4-3-5-7-15/h3-11,13-14,22H,12H2,1-2H3,(H,26,29)/b11-8+. The normalized spacial score (nSPS) is 11.2. The zero-order chi connectivity index (χ0) is 23.3. The number of alkyl halides is 2. The summed E-state index contributed by atoms with van der Waals surface area (Å²) in [4.78, 5) is 36.2. The van der Waals surface area contributed by atoms with Gasteiger partial charge in [0.1, 0.15) is 5.75 Å². The molecule has 2 aromatic carbocycles. The molecule has 166 valence electrons. The van der Waals surface area contributed by atoms with Gasteiger partial charge in [0.05, 0.1) is 5.56 Å². The summed E-state index contributed by atoms with van der Waals surface area (Å²) in [6.07, 6.45) is 4.12. The molecule has 1 heterocycles. The Kier molecular flexibility index (Phi) is 6.99. The molecule has 0 aliphatic carbocycles. The monoisotopic (exact) mass is 441 g/mol. The van der Waals surface area contributed by atoms with Crippen molar-refractivity contribution in [2.24, 2.45) is 14.1 Å². The number of amides is 1. The molecule has 0 saturated carbocycles. The molecule has 0 fully saturated rings. The van der Waals surface area contributed by atoms with Crippen molar-refractivity contribution in [1.29, 1.82) is 0 Å². The van der Waals surface area contributed by atoms with Crippen LogP contribution in [-0.2, 0) is 25.3 Å². The smallest absolute Gasteiger partial charge is 0.387 e. The van der Waals surface area contributed by atoms with E-state index in [4.69, 9.17) is 0 Å². The average molecular weight is 441 g/mol. The summed E-state index contributed by atoms with van der Waals surface area (Å²) in [5.74, 6) is -0.514. The van der Waals surface area contributed by atoms with Gasteiger partial charge in [-0.2, -0.15) is 8.78 Å². The topological polar surface area (TPSA) is 82.3 Å². The second kappa shape index (κ2) is 9.86. The minimum Gasteiger partial charge on any atom is -0.435 e. The van der Waals surface area contributed by atoms with Gasteiger partial charge in [-0.05, 0) is 29.8 Å². The van der Waals surface area contributed by atoms with Crippen LogP contribution in [0.15, 0.2) is 70.4 Å². The summed E-state index contributed by atoms with van der Waals surface area (Å²) in [6, 6.07) is 13.6. The van der Waals surface area contributed by atoms with E-state index < -0.39 is 23.8 Å². The highest BCUT2D eigenvalue weighted by atomic mass is 19.3. The lowest BCUT2D eigenvalue weighted by Crippen LogP contribution is -2.37. The molecule has 32 heavy (non-hydrogen) atoms. The van der Waals surface area contributed by atoms with Crippen LogP contribution in [0.3, 0.4) is 0 Å². The molecule has 1 aromatic heterocycles. The molecule has 0 saturated heterocycles. The van der Waals surface area contributed by atoms with Gasteiger partial charge in [-0.3, -0.25) is 14.2 Å². The highest BCUT2D eigenvalue weighted by Gasteiger charge is 2.12. The number of nitrogens with zero attached hydrogens (tertiary/aromatic N) is 2. The van der Waals surface area contributed by atoms with Crippen LogP contribution in [0, 0.1) is 0 Å². The van der Waals surface area contributed by atoms with E-state index in [1.54, 1.807) is 6.07 Å². The number of carbonyl (C=O) groups excluding carboxylic acids is 1. The fraction of sp³-hybridized carbons (Fsp3) is 0.174. The van der Waals surface area contributed by atoms with Crippen molar-refractivity contribution < 1.29 is 18.3 Å². The van der Waals surface area contributed by atoms with Crippen molar-refractivity contribution in [3.05, 3.63) is 98.3 Å². The van der Waals surface area contributed by atoms with Gasteiger partial charge in [-0.15, -0.1) is 0 Å². The summed E-state index contributed by atoms with van der Waals surface area (Å²) in [5.41, 5.74) is 0.894. The Morgan fingerprint density at radius 2 is 1.84 bits per heavy atom. The second-order valence-corrected chi connectivity index (χ2v) is 7.03. The van der Waals surface area contributed by atoms with Crippen LogP contribution in [0.4, 0.5) is 14.5 Å². The molecule has 0 aliphatic heterocycles. The lowest BCUT2D eigenvalue weighted by Gasteiger charge is -2.13. The molecule has 1 amide bonds. The second-order valence-electron chi connectivity index (χ2n) is 7.03. The number of nitrogens with one attached hydrogen (secondary N) is 1. The van der Waals surface area contributed by atoms with Crippen molar-refractivity contribution >= 4 is 17.7 Å². The highest BCUT2D eigenvalue weighted by Crippen LogP contribution is 2.27. The molecule has 9 heteroatoms. The van der Waals surface area contributed by atoms with Crippen LogP contribution in [0.5, 0.6) is 5.75 Å². The zero-order valence-electron chi connectivity index (χ0n) is 17.4. The van der Waals surface area contributed by atoms with Crippen LogP contribution in [-0.4, -0.2) is 21.7 Å². The highest BCUT2D eigenvalue weighted by molar-refractivity contribution is 6.02. The van der Waals surface area contributed by atoms with Gasteiger partial charge in [-0.1, -0.05) is 30.3 Å². The number of benzene rings is 2. The van der Waals surface area contributed by atoms with Crippen molar-refractivity contribution in [1.82, 2.24) is 9.13 Å². The first-order valence-electron chi connectivity index (χ1n) is 9.62. The van der Waals surface area contributed by atoms with Gasteiger partial charge in [0.25, 0.3) is 5.56 Å². The first kappa shape index (κ1) is 22.7. The first-order valence-corrected chi connectivity index (χ1v) is 9.62. The Bertz CT molecular complexity index is 1260. The molecule has 3 aromatic rings. The summed E-state index contributed by atoms with van der Waals surface area (Å²) in [6.45, 7) is -2.97. The summed E-state index contributed by atoms with van der Waals surface area (Å²) >= 11 is 0. The SMILES string of the molecule is Cn1cc(/C=C/C(=O)Nc2ccc(OC(F)F)c(Cc3ccccc3)c2)c(=O)n(C)c1=O. The van der Waals surface area contributed by atoms with Gasteiger partial charge in [0, 0.05) is 44.0 Å². The van der Waals surface area contributed by atoms with E-state index >= 15 is 0 Å². The molecule has 0 spiro atoms. The summed E-state index contributed by atoms with van der Waals surface area (Å²) in [5, 5.41) is 2.63. The van der Waals surface area contributed by atoms with Gasteiger partial charge in [0.15, 0.2) is 0 Å². The van der Waals surface area contributed by atoms with Crippen molar-refractivity contribution in [2.75, 3.05) is 5.32 Å². The molecule has 7 nitrogen and oxygen atoms in total. The van der Waals surface area contributed by atoms with E-state index in [-0.39, 0.29) is 11.3 Å². The van der Waals surface area contributed by atoms with Crippen LogP contribution in [0.1, 0.15) is 16.7 Å². The number of aromatic nitrogens is 2. The Labute approximate surface area is 182 Å². The summed E-state index contributed by atoms with van der Waals surface area (Å²) in [7, 11) is 2.84. The molecular weight excluding hydrogens is 420 g/mol. The van der Waals surface area contributed by atoms with Gasteiger partial charge in [0.2, 0.25) is 5.91 Å². The van der Waals surface area contributed by atoms with Crippen LogP contribution in [0.25, 0.3) is 6.08 Å². The average Bonchev–Trinajstić information content (AvgIpc) is 2.76. The maximum Gasteiger partial charge on any atom is 0.387 e. The number of ether oxygens (including phenoxy) is 1. The van der Waals surface area contributed by atoms with E-state index in [0.29, 0.717) is 17.7 Å². The molecule has 0 atom stereocenters. The van der Waals surface area contributed by atoms with Crippen molar-refractivity contribution in [3.8, 4) is 5.75 Å². The number of anilines is 1. The number of carbonyl (C=O) groups is 1. The van der Waals surface area contributed by atoms with Crippen LogP contribution in [0.2, 0.25) is 0 Å². The van der Waals surface area contributed by atoms with E-state index in [1.165, 1.54) is 43.1 Å². The third-order valence-corrected chi connectivity index (χ3v) is 4.67. The fourth-order valence-electron chi connectivity index (χ4n) is 3.12. The van der Waals surface area contributed by atoms with Gasteiger partial charge < -0.3 is 14.6 Å². The van der Waals surface area contributed by atoms with Crippen LogP contribution < -0.4 is 21.3 Å². The number of hydrogen-bond acceptors (Lipinski definition) is 4. The zero-order valence-corrected chi connectivity index (χ0v) is 17.4. The molecular formula is C23H21F2N3O4. The molecule has 0 unspecified atom stereocenters. The fourth-order valence-corrected chi connectivity index (χ4v) is 3.12. The van der Waals surface area contributed by atoms with Gasteiger partial charge >= 0.3 is 12.3 Å². The van der Waals surface area contributed by atoms with Crippen molar-refractivity contribution in [2.45, 2.75) is 13.0 Å². The molecule has 0 aliphatic rings. The third-order valence-electron chi connectivity index (χ3n) is 4.67. The lowest BCUT2D eigenvalue weighted by atomic mass is 10.0. The minimum atomic E-state index is -2.97. The van der Waals surface area contributed by atoms with E-state index in [0.717, 1.165) is 16.2 Å². The number of rotatable bonds is 7. The van der Waals surface area contributed by atoms with E-state index in [1.807, 2.05) is 30.3 Å². The molecule has 0 bridgehead atoms. The summed E-state index contributed by atoms with van der Waals surface area (Å²) < 4.78 is 32.3. The van der Waals surface area contributed by atoms with E-state index in [9.17, 15) is 23.2 Å². The maximum atomic E-state index is 12.8. The van der Waals surface area contributed by atoms with E-state index in [2.05, 4.69) is 10.1 Å². The van der Waals surface area contributed by atoms with Crippen molar-refractivity contribution in [3.63, 3.8) is 0 Å². The molecule has 0 radical (unpaired) electrons. The third kappa shape index (κ3) is 5.57. The lowest BCUT2D eigenvalue weighted by molar-refractivity contribution is -0.111. The quantitative estimate of drug-likeness (QED) is 0.572. The largest absolute Gasteiger partial charge is 0.435 e. The number of halogens is 2. The Hall–Kier alpha value is -4.01. The Morgan fingerprint density at radius 3 is 2.53 bits per heavy atom.